The summed E-state index contributed by atoms with van der Waals surface area (Å²) < 4.78 is 11.6. The van der Waals surface area contributed by atoms with Gasteiger partial charge in [0.25, 0.3) is 0 Å². The predicted octanol–water partition coefficient (Wildman–Crippen LogP) is 3.87. The third kappa shape index (κ3) is 4.57. The monoisotopic (exact) mass is 354 g/mol. The van der Waals surface area contributed by atoms with Gasteiger partial charge < -0.3 is 14.8 Å². The Hall–Kier alpha value is -2.04. The van der Waals surface area contributed by atoms with Gasteiger partial charge in [0.05, 0.1) is 19.3 Å². The number of nitrogens with one attached hydrogen (secondary N) is 1. The second-order valence-electron chi connectivity index (χ2n) is 6.52. The van der Waals surface area contributed by atoms with Crippen molar-refractivity contribution in [1.82, 2.24) is 10.2 Å². The maximum absolute atomic E-state index is 5.87. The van der Waals surface area contributed by atoms with E-state index in [1.165, 1.54) is 17.5 Å². The van der Waals surface area contributed by atoms with Gasteiger partial charge in [-0.3, -0.25) is 4.90 Å². The predicted molar refractivity (Wildman–Crippen MR) is 106 cm³/mol. The van der Waals surface area contributed by atoms with Crippen LogP contribution in [0.3, 0.4) is 0 Å². The molecule has 0 bridgehead atoms. The van der Waals surface area contributed by atoms with E-state index in [4.69, 9.17) is 9.47 Å². The number of nitrogens with zero attached hydrogens (tertiary/aromatic N) is 1. The molecule has 4 nitrogen and oxygen atoms in total. The highest BCUT2D eigenvalue weighted by molar-refractivity contribution is 5.46. The summed E-state index contributed by atoms with van der Waals surface area (Å²) in [4.78, 5) is 2.57. The Balaban J connectivity index is 1.99. The molecule has 4 heteroatoms. The molecule has 2 aromatic carbocycles. The first-order valence-corrected chi connectivity index (χ1v) is 9.72. The third-order valence-electron chi connectivity index (χ3n) is 4.74. The Kier molecular flexibility index (Phi) is 6.92. The Labute approximate surface area is 157 Å². The van der Waals surface area contributed by atoms with Crippen molar-refractivity contribution in [3.8, 4) is 11.5 Å². The van der Waals surface area contributed by atoms with Gasteiger partial charge in [-0.25, -0.2) is 0 Å². The van der Waals surface area contributed by atoms with Crippen molar-refractivity contribution in [1.29, 1.82) is 0 Å². The molecule has 3 rings (SSSR count). The summed E-state index contributed by atoms with van der Waals surface area (Å²) in [5.74, 6) is 1.66. The molecule has 0 amide bonds. The van der Waals surface area contributed by atoms with Crippen molar-refractivity contribution in [2.24, 2.45) is 0 Å². The van der Waals surface area contributed by atoms with E-state index in [2.05, 4.69) is 58.7 Å². The Bertz CT molecular complexity index is 667. The molecule has 140 valence electrons. The first-order chi connectivity index (χ1) is 12.8. The van der Waals surface area contributed by atoms with Crippen molar-refractivity contribution >= 4 is 0 Å². The topological polar surface area (TPSA) is 33.7 Å². The van der Waals surface area contributed by atoms with Crippen molar-refractivity contribution in [3.05, 3.63) is 59.7 Å². The van der Waals surface area contributed by atoms with Crippen LogP contribution < -0.4 is 14.8 Å². The van der Waals surface area contributed by atoms with E-state index in [9.17, 15) is 0 Å². The van der Waals surface area contributed by atoms with E-state index < -0.39 is 0 Å². The first kappa shape index (κ1) is 18.7. The minimum absolute atomic E-state index is 0.228. The van der Waals surface area contributed by atoms with Crippen LogP contribution in [0.25, 0.3) is 0 Å². The number of hydrogen-bond acceptors (Lipinski definition) is 4. The van der Waals surface area contributed by atoms with Gasteiger partial charge in [0.1, 0.15) is 0 Å². The van der Waals surface area contributed by atoms with Gasteiger partial charge in [0.2, 0.25) is 0 Å². The lowest BCUT2D eigenvalue weighted by Gasteiger charge is -2.31. The van der Waals surface area contributed by atoms with E-state index in [1.807, 2.05) is 13.8 Å². The van der Waals surface area contributed by atoms with E-state index >= 15 is 0 Å². The molecule has 2 aromatic rings. The smallest absolute Gasteiger partial charge is 0.161 e. The highest BCUT2D eigenvalue weighted by Crippen LogP contribution is 2.35. The maximum atomic E-state index is 5.87. The third-order valence-corrected chi connectivity index (χ3v) is 4.74. The summed E-state index contributed by atoms with van der Waals surface area (Å²) in [7, 11) is 0. The van der Waals surface area contributed by atoms with Crippen LogP contribution in [-0.2, 0) is 0 Å². The second-order valence-corrected chi connectivity index (χ2v) is 6.52. The summed E-state index contributed by atoms with van der Waals surface area (Å²) in [6.07, 6.45) is 1.17. The fraction of sp³-hybridized carbons (Fsp3) is 0.455. The summed E-state index contributed by atoms with van der Waals surface area (Å²) in [5, 5.41) is 3.51. The van der Waals surface area contributed by atoms with Crippen LogP contribution in [0.5, 0.6) is 11.5 Å². The van der Waals surface area contributed by atoms with Crippen LogP contribution in [0.1, 0.15) is 37.4 Å². The molecule has 0 radical (unpaired) electrons. The Morgan fingerprint density at radius 1 is 0.885 bits per heavy atom. The zero-order valence-electron chi connectivity index (χ0n) is 15.9. The molecule has 0 aliphatic carbocycles. The van der Waals surface area contributed by atoms with Crippen LogP contribution in [0.15, 0.2) is 48.5 Å². The van der Waals surface area contributed by atoms with Crippen LogP contribution in [-0.4, -0.2) is 44.3 Å². The van der Waals surface area contributed by atoms with E-state index in [0.29, 0.717) is 13.2 Å². The molecule has 1 aliphatic heterocycles. The highest BCUT2D eigenvalue weighted by Gasteiger charge is 2.24. The summed E-state index contributed by atoms with van der Waals surface area (Å²) in [6.45, 7) is 9.52. The molecular formula is C22H30N2O2. The standard InChI is InChI=1S/C22H30N2O2/c1-3-25-20-12-11-19(17-21(20)26-4-2)22(18-9-6-5-7-10-18)24-15-8-13-23-14-16-24/h5-7,9-12,17,22-23H,3-4,8,13-16H2,1-2H3. The van der Waals surface area contributed by atoms with Crippen LogP contribution in [0.4, 0.5) is 0 Å². The lowest BCUT2D eigenvalue weighted by Crippen LogP contribution is -2.33. The lowest BCUT2D eigenvalue weighted by atomic mass is 9.96. The normalized spacial score (nSPS) is 16.7. The number of rotatable bonds is 7. The van der Waals surface area contributed by atoms with Gasteiger partial charge in [-0.15, -0.1) is 0 Å². The Morgan fingerprint density at radius 3 is 2.42 bits per heavy atom. The van der Waals surface area contributed by atoms with E-state index in [0.717, 1.165) is 37.7 Å². The minimum atomic E-state index is 0.228. The fourth-order valence-corrected chi connectivity index (χ4v) is 3.61. The molecule has 0 saturated carbocycles. The maximum Gasteiger partial charge on any atom is 0.161 e. The summed E-state index contributed by atoms with van der Waals surface area (Å²) >= 11 is 0. The molecule has 26 heavy (non-hydrogen) atoms. The summed E-state index contributed by atoms with van der Waals surface area (Å²) in [6, 6.07) is 17.4. The molecular weight excluding hydrogens is 324 g/mol. The second kappa shape index (κ2) is 9.60. The van der Waals surface area contributed by atoms with Gasteiger partial charge >= 0.3 is 0 Å². The van der Waals surface area contributed by atoms with Gasteiger partial charge in [-0.2, -0.15) is 0 Å². The zero-order valence-corrected chi connectivity index (χ0v) is 15.9. The highest BCUT2D eigenvalue weighted by atomic mass is 16.5. The molecule has 0 spiro atoms. The lowest BCUT2D eigenvalue weighted by molar-refractivity contribution is 0.239. The molecule has 1 aliphatic rings. The van der Waals surface area contributed by atoms with Crippen molar-refractivity contribution < 1.29 is 9.47 Å². The van der Waals surface area contributed by atoms with Gasteiger partial charge in [-0.05, 0) is 50.1 Å². The zero-order chi connectivity index (χ0) is 18.2. The van der Waals surface area contributed by atoms with Gasteiger partial charge in [0, 0.05) is 19.6 Å². The fourth-order valence-electron chi connectivity index (χ4n) is 3.61. The molecule has 1 saturated heterocycles. The first-order valence-electron chi connectivity index (χ1n) is 9.72. The van der Waals surface area contributed by atoms with Crippen LogP contribution >= 0.6 is 0 Å². The molecule has 1 atom stereocenters. The SMILES string of the molecule is CCOc1ccc(C(c2ccccc2)N2CCCNCC2)cc1OCC. The van der Waals surface area contributed by atoms with Crippen LogP contribution in [0, 0.1) is 0 Å². The van der Waals surface area contributed by atoms with Crippen LogP contribution in [0.2, 0.25) is 0 Å². The Morgan fingerprint density at radius 2 is 1.65 bits per heavy atom. The largest absolute Gasteiger partial charge is 0.490 e. The quantitative estimate of drug-likeness (QED) is 0.818. The van der Waals surface area contributed by atoms with Crippen molar-refractivity contribution in [2.75, 3.05) is 39.4 Å². The van der Waals surface area contributed by atoms with Crippen molar-refractivity contribution in [3.63, 3.8) is 0 Å². The van der Waals surface area contributed by atoms with E-state index in [-0.39, 0.29) is 6.04 Å². The number of benzene rings is 2. The van der Waals surface area contributed by atoms with Crippen molar-refractivity contribution in [2.45, 2.75) is 26.3 Å². The molecule has 1 fully saturated rings. The molecule has 1 heterocycles. The average molecular weight is 354 g/mol. The number of hydrogen-bond donors (Lipinski definition) is 1. The van der Waals surface area contributed by atoms with Gasteiger partial charge in [-0.1, -0.05) is 36.4 Å². The average Bonchev–Trinajstić information content (AvgIpc) is 2.95. The minimum Gasteiger partial charge on any atom is -0.490 e. The molecule has 1 unspecified atom stereocenters. The molecule has 1 N–H and O–H groups in total. The number of ether oxygens (including phenoxy) is 2. The summed E-state index contributed by atoms with van der Waals surface area (Å²) in [5.41, 5.74) is 2.58. The van der Waals surface area contributed by atoms with Gasteiger partial charge in [0.15, 0.2) is 11.5 Å². The molecule has 0 aromatic heterocycles. The van der Waals surface area contributed by atoms with E-state index in [1.54, 1.807) is 0 Å².